The fourth-order valence-electron chi connectivity index (χ4n) is 5.38. The van der Waals surface area contributed by atoms with Crippen LogP contribution < -0.4 is 24.5 Å². The van der Waals surface area contributed by atoms with Gasteiger partial charge in [-0.1, -0.05) is 53.8 Å². The SMILES string of the molecule is CCOC(=O)C1=C(c2ccccc2)N=c2s/c(=C\c3ccc(N4CCCCC4)o3)c(=O)n2[C@@H]1c1ccc(OC)cc1. The Balaban J connectivity index is 1.54. The number of carbonyl (C=O) groups excluding carboxylic acids is 1. The number of hydrogen-bond acceptors (Lipinski definition) is 8. The Morgan fingerprint density at radius 2 is 1.80 bits per heavy atom. The van der Waals surface area contributed by atoms with Crippen molar-refractivity contribution in [1.29, 1.82) is 0 Å². The van der Waals surface area contributed by atoms with E-state index in [4.69, 9.17) is 18.9 Å². The quantitative estimate of drug-likeness (QED) is 0.304. The summed E-state index contributed by atoms with van der Waals surface area (Å²) in [4.78, 5) is 35.2. The maximum atomic E-state index is 14.0. The van der Waals surface area contributed by atoms with Crippen molar-refractivity contribution in [3.63, 3.8) is 0 Å². The summed E-state index contributed by atoms with van der Waals surface area (Å²) in [6, 6.07) is 20.0. The van der Waals surface area contributed by atoms with E-state index in [9.17, 15) is 9.59 Å². The predicted octanol–water partition coefficient (Wildman–Crippen LogP) is 4.53. The van der Waals surface area contributed by atoms with Crippen LogP contribution in [0.5, 0.6) is 5.75 Å². The zero-order chi connectivity index (χ0) is 28.3. The molecule has 2 aliphatic rings. The lowest BCUT2D eigenvalue weighted by atomic mass is 9.93. The van der Waals surface area contributed by atoms with Gasteiger partial charge in [0.25, 0.3) is 5.56 Å². The second-order valence-corrected chi connectivity index (χ2v) is 10.9. The van der Waals surface area contributed by atoms with Gasteiger partial charge in [0.2, 0.25) is 0 Å². The molecule has 0 amide bonds. The summed E-state index contributed by atoms with van der Waals surface area (Å²) in [6.45, 7) is 3.90. The Morgan fingerprint density at radius 3 is 2.51 bits per heavy atom. The van der Waals surface area contributed by atoms with Crippen molar-refractivity contribution < 1.29 is 18.7 Å². The van der Waals surface area contributed by atoms with E-state index in [1.807, 2.05) is 66.7 Å². The van der Waals surface area contributed by atoms with E-state index in [0.717, 1.165) is 42.9 Å². The second-order valence-electron chi connectivity index (χ2n) is 9.93. The number of hydrogen-bond donors (Lipinski definition) is 0. The molecule has 8 nitrogen and oxygen atoms in total. The number of anilines is 1. The molecular formula is C32H31N3O5S. The summed E-state index contributed by atoms with van der Waals surface area (Å²) in [5, 5.41) is 0. The number of rotatable bonds is 7. The fourth-order valence-corrected chi connectivity index (χ4v) is 6.36. The lowest BCUT2D eigenvalue weighted by molar-refractivity contribution is -0.138. The molecule has 0 saturated carbocycles. The Kier molecular flexibility index (Phi) is 7.61. The Labute approximate surface area is 241 Å². The standard InChI is InChI=1S/C32H31N3O5S/c1-3-39-31(37)27-28(21-10-6-4-7-11-21)33-32-35(29(27)22-12-14-23(38-2)15-13-22)30(36)25(41-32)20-24-16-17-26(40-24)34-18-8-5-9-19-34/h4,6-7,10-17,20,29H,3,5,8-9,18-19H2,1-2H3/b25-20-/t29-/m1/s1. The van der Waals surface area contributed by atoms with Crippen LogP contribution in [0.25, 0.3) is 11.8 Å². The van der Waals surface area contributed by atoms with Crippen LogP contribution in [0.3, 0.4) is 0 Å². The molecule has 4 aromatic rings. The summed E-state index contributed by atoms with van der Waals surface area (Å²) in [7, 11) is 1.60. The van der Waals surface area contributed by atoms with E-state index in [2.05, 4.69) is 4.90 Å². The lowest BCUT2D eigenvalue weighted by Gasteiger charge is -2.26. The Hall–Kier alpha value is -4.37. The van der Waals surface area contributed by atoms with Crippen LogP contribution in [0.1, 0.15) is 49.1 Å². The average molecular weight is 570 g/mol. The molecule has 210 valence electrons. The first kappa shape index (κ1) is 26.8. The van der Waals surface area contributed by atoms with Crippen molar-refractivity contribution in [3.8, 4) is 5.75 Å². The highest BCUT2D eigenvalue weighted by molar-refractivity contribution is 7.07. The predicted molar refractivity (Wildman–Crippen MR) is 159 cm³/mol. The van der Waals surface area contributed by atoms with E-state index in [1.165, 1.54) is 17.8 Å². The number of ether oxygens (including phenoxy) is 2. The number of benzene rings is 2. The maximum absolute atomic E-state index is 14.0. The van der Waals surface area contributed by atoms with Crippen molar-refractivity contribution in [2.75, 3.05) is 31.7 Å². The number of esters is 1. The molecule has 2 aliphatic heterocycles. The third-order valence-corrected chi connectivity index (χ3v) is 8.34. The molecule has 1 saturated heterocycles. The van der Waals surface area contributed by atoms with Gasteiger partial charge in [-0.05, 0) is 49.9 Å². The normalized spacial score (nSPS) is 17.3. The summed E-state index contributed by atoms with van der Waals surface area (Å²) in [5.41, 5.74) is 2.06. The number of nitrogens with zero attached hydrogens (tertiary/aromatic N) is 3. The maximum Gasteiger partial charge on any atom is 0.338 e. The first-order valence-electron chi connectivity index (χ1n) is 13.8. The molecule has 2 aromatic heterocycles. The van der Waals surface area contributed by atoms with E-state index in [1.54, 1.807) is 24.7 Å². The van der Waals surface area contributed by atoms with Crippen LogP contribution >= 0.6 is 11.3 Å². The molecule has 1 atom stereocenters. The molecular weight excluding hydrogens is 538 g/mol. The summed E-state index contributed by atoms with van der Waals surface area (Å²) >= 11 is 1.28. The van der Waals surface area contributed by atoms with Crippen LogP contribution in [-0.2, 0) is 9.53 Å². The molecule has 0 aliphatic carbocycles. The van der Waals surface area contributed by atoms with E-state index >= 15 is 0 Å². The van der Waals surface area contributed by atoms with Gasteiger partial charge in [0.05, 0.1) is 35.6 Å². The van der Waals surface area contributed by atoms with Gasteiger partial charge in [-0.25, -0.2) is 9.79 Å². The molecule has 0 radical (unpaired) electrons. The molecule has 0 N–H and O–H groups in total. The fraction of sp³-hybridized carbons (Fsp3) is 0.281. The largest absolute Gasteiger partial charge is 0.497 e. The smallest absolute Gasteiger partial charge is 0.338 e. The van der Waals surface area contributed by atoms with Crippen LogP contribution in [0.15, 0.2) is 86.5 Å². The van der Waals surface area contributed by atoms with Gasteiger partial charge < -0.3 is 18.8 Å². The summed E-state index contributed by atoms with van der Waals surface area (Å²) in [5.74, 6) is 1.58. The number of methoxy groups -OCH3 is 1. The molecule has 1 fully saturated rings. The van der Waals surface area contributed by atoms with Crippen molar-refractivity contribution in [2.24, 2.45) is 4.99 Å². The Morgan fingerprint density at radius 1 is 1.05 bits per heavy atom. The molecule has 4 heterocycles. The zero-order valence-electron chi connectivity index (χ0n) is 23.0. The molecule has 0 unspecified atom stereocenters. The highest BCUT2D eigenvalue weighted by Crippen LogP contribution is 2.35. The highest BCUT2D eigenvalue weighted by atomic mass is 32.1. The van der Waals surface area contributed by atoms with Crippen molar-refractivity contribution in [3.05, 3.63) is 109 Å². The summed E-state index contributed by atoms with van der Waals surface area (Å²) in [6.07, 6.45) is 5.29. The third-order valence-electron chi connectivity index (χ3n) is 7.36. The number of aromatic nitrogens is 1. The first-order chi connectivity index (χ1) is 20.1. The summed E-state index contributed by atoms with van der Waals surface area (Å²) < 4.78 is 19.1. The van der Waals surface area contributed by atoms with Gasteiger partial charge in [-0.3, -0.25) is 9.36 Å². The third kappa shape index (κ3) is 5.25. The van der Waals surface area contributed by atoms with Crippen LogP contribution in [-0.4, -0.2) is 37.3 Å². The van der Waals surface area contributed by atoms with Crippen molar-refractivity contribution in [1.82, 2.24) is 4.57 Å². The van der Waals surface area contributed by atoms with Gasteiger partial charge in [0.1, 0.15) is 11.5 Å². The van der Waals surface area contributed by atoms with Gasteiger partial charge in [0.15, 0.2) is 10.7 Å². The Bertz CT molecular complexity index is 1760. The number of thiazole rings is 1. The number of piperidine rings is 1. The molecule has 6 rings (SSSR count). The molecule has 41 heavy (non-hydrogen) atoms. The van der Waals surface area contributed by atoms with Crippen LogP contribution in [0, 0.1) is 0 Å². The van der Waals surface area contributed by atoms with E-state index in [0.29, 0.717) is 32.1 Å². The first-order valence-corrected chi connectivity index (χ1v) is 14.7. The number of furan rings is 1. The van der Waals surface area contributed by atoms with E-state index < -0.39 is 12.0 Å². The molecule has 0 spiro atoms. The van der Waals surface area contributed by atoms with E-state index in [-0.39, 0.29) is 12.2 Å². The highest BCUT2D eigenvalue weighted by Gasteiger charge is 2.35. The van der Waals surface area contributed by atoms with Crippen LogP contribution in [0.4, 0.5) is 5.88 Å². The van der Waals surface area contributed by atoms with Gasteiger partial charge in [0, 0.05) is 30.8 Å². The van der Waals surface area contributed by atoms with Gasteiger partial charge >= 0.3 is 5.97 Å². The van der Waals surface area contributed by atoms with Crippen molar-refractivity contribution >= 4 is 35.0 Å². The van der Waals surface area contributed by atoms with Gasteiger partial charge in [-0.15, -0.1) is 0 Å². The molecule has 2 aromatic carbocycles. The number of fused-ring (bicyclic) bond motifs is 1. The topological polar surface area (TPSA) is 86.3 Å². The average Bonchev–Trinajstić information content (AvgIpc) is 3.61. The minimum atomic E-state index is -0.742. The molecule has 0 bridgehead atoms. The number of carbonyl (C=O) groups is 1. The second kappa shape index (κ2) is 11.6. The van der Waals surface area contributed by atoms with Crippen molar-refractivity contribution in [2.45, 2.75) is 32.2 Å². The van der Waals surface area contributed by atoms with Crippen LogP contribution in [0.2, 0.25) is 0 Å². The van der Waals surface area contributed by atoms with Gasteiger partial charge in [-0.2, -0.15) is 0 Å². The minimum Gasteiger partial charge on any atom is -0.497 e. The monoisotopic (exact) mass is 569 g/mol. The molecule has 9 heteroatoms. The minimum absolute atomic E-state index is 0.196. The lowest BCUT2D eigenvalue weighted by Crippen LogP contribution is -2.40. The zero-order valence-corrected chi connectivity index (χ0v) is 23.9.